The number of nitrogens with zero attached hydrogens (tertiary/aromatic N) is 2. The second-order valence-corrected chi connectivity index (χ2v) is 5.32. The van der Waals surface area contributed by atoms with Crippen LogP contribution < -0.4 is 5.32 Å². The third kappa shape index (κ3) is 2.24. The maximum atomic E-state index is 13.1. The topological polar surface area (TPSA) is 51.0 Å². The Labute approximate surface area is 115 Å². The Hall–Kier alpha value is -1.46. The first-order valence-electron chi connectivity index (χ1n) is 6.13. The predicted molar refractivity (Wildman–Crippen MR) is 69.3 cm³/mol. The van der Waals surface area contributed by atoms with Crippen LogP contribution in [0.5, 0.6) is 0 Å². The van der Waals surface area contributed by atoms with Crippen molar-refractivity contribution in [1.29, 1.82) is 0 Å². The van der Waals surface area contributed by atoms with E-state index >= 15 is 0 Å². The number of hydrogen-bond acceptors (Lipinski definition) is 4. The highest BCUT2D eigenvalue weighted by Crippen LogP contribution is 2.31. The second-order valence-electron chi connectivity index (χ2n) is 4.91. The maximum Gasteiger partial charge on any atom is 0.246 e. The molecule has 0 amide bonds. The first-order valence-corrected chi connectivity index (χ1v) is 6.51. The van der Waals surface area contributed by atoms with Gasteiger partial charge in [0.15, 0.2) is 0 Å². The lowest BCUT2D eigenvalue weighted by Crippen LogP contribution is -2.33. The van der Waals surface area contributed by atoms with Gasteiger partial charge in [-0.15, -0.1) is 0 Å². The molecule has 19 heavy (non-hydrogen) atoms. The zero-order valence-electron chi connectivity index (χ0n) is 10.4. The number of nitrogens with one attached hydrogen (secondary N) is 1. The number of benzene rings is 1. The van der Waals surface area contributed by atoms with E-state index in [9.17, 15) is 4.39 Å². The predicted octanol–water partition coefficient (Wildman–Crippen LogP) is 3.13. The van der Waals surface area contributed by atoms with E-state index in [1.807, 2.05) is 6.92 Å². The van der Waals surface area contributed by atoms with Gasteiger partial charge in [0.25, 0.3) is 0 Å². The summed E-state index contributed by atoms with van der Waals surface area (Å²) in [6.07, 6.45) is 2.04. The minimum Gasteiger partial charge on any atom is -0.337 e. The highest BCUT2D eigenvalue weighted by molar-refractivity contribution is 6.31. The molecule has 0 spiro atoms. The smallest absolute Gasteiger partial charge is 0.246 e. The summed E-state index contributed by atoms with van der Waals surface area (Å²) in [5.41, 5.74) is 0.373. The SMILES string of the molecule is CC1(c2nc(-c3ccc(F)c(Cl)c3)no2)CCCN1. The molecule has 0 saturated carbocycles. The fourth-order valence-corrected chi connectivity index (χ4v) is 2.46. The molecule has 1 aromatic carbocycles. The number of rotatable bonds is 2. The number of aromatic nitrogens is 2. The molecule has 6 heteroatoms. The van der Waals surface area contributed by atoms with E-state index in [0.717, 1.165) is 19.4 Å². The fraction of sp³-hybridized carbons (Fsp3) is 0.385. The average Bonchev–Trinajstić information content (AvgIpc) is 3.02. The molecule has 1 aliphatic heterocycles. The van der Waals surface area contributed by atoms with Crippen LogP contribution >= 0.6 is 11.6 Å². The van der Waals surface area contributed by atoms with Crippen LogP contribution in [-0.2, 0) is 5.54 Å². The minimum atomic E-state index is -0.460. The van der Waals surface area contributed by atoms with Gasteiger partial charge < -0.3 is 9.84 Å². The monoisotopic (exact) mass is 281 g/mol. The zero-order valence-corrected chi connectivity index (χ0v) is 11.2. The Kier molecular flexibility index (Phi) is 3.03. The molecule has 2 aromatic rings. The minimum absolute atomic E-state index is 0.0500. The molecule has 1 atom stereocenters. The third-order valence-corrected chi connectivity index (χ3v) is 3.73. The van der Waals surface area contributed by atoms with Crippen molar-refractivity contribution in [3.05, 3.63) is 34.9 Å². The van der Waals surface area contributed by atoms with Crippen LogP contribution in [0.15, 0.2) is 22.7 Å². The third-order valence-electron chi connectivity index (χ3n) is 3.44. The molecule has 1 aliphatic rings. The van der Waals surface area contributed by atoms with Crippen molar-refractivity contribution in [3.8, 4) is 11.4 Å². The van der Waals surface area contributed by atoms with Crippen LogP contribution in [0.2, 0.25) is 5.02 Å². The molecular weight excluding hydrogens is 269 g/mol. The van der Waals surface area contributed by atoms with E-state index < -0.39 is 5.82 Å². The van der Waals surface area contributed by atoms with Crippen molar-refractivity contribution in [2.75, 3.05) is 6.54 Å². The van der Waals surface area contributed by atoms with E-state index in [1.165, 1.54) is 12.1 Å². The van der Waals surface area contributed by atoms with Gasteiger partial charge in [-0.1, -0.05) is 16.8 Å². The number of hydrogen-bond donors (Lipinski definition) is 1. The summed E-state index contributed by atoms with van der Waals surface area (Å²) in [7, 11) is 0. The molecule has 1 fully saturated rings. The summed E-state index contributed by atoms with van der Waals surface area (Å²) in [4.78, 5) is 4.38. The molecule has 1 N–H and O–H groups in total. The van der Waals surface area contributed by atoms with Gasteiger partial charge in [-0.25, -0.2) is 4.39 Å². The number of halogens is 2. The van der Waals surface area contributed by atoms with Crippen LogP contribution in [0.3, 0.4) is 0 Å². The molecule has 1 unspecified atom stereocenters. The Balaban J connectivity index is 1.94. The lowest BCUT2D eigenvalue weighted by atomic mass is 10.0. The summed E-state index contributed by atoms with van der Waals surface area (Å²) < 4.78 is 18.4. The normalized spacial score (nSPS) is 22.9. The van der Waals surface area contributed by atoms with Gasteiger partial charge in [-0.3, -0.25) is 0 Å². The van der Waals surface area contributed by atoms with Gasteiger partial charge >= 0.3 is 0 Å². The molecular formula is C13H13ClFN3O. The summed E-state index contributed by atoms with van der Waals surface area (Å²) in [6, 6.07) is 4.37. The van der Waals surface area contributed by atoms with Crippen LogP contribution in [0.25, 0.3) is 11.4 Å². The van der Waals surface area contributed by atoms with E-state index in [1.54, 1.807) is 6.07 Å². The molecule has 0 radical (unpaired) electrons. The van der Waals surface area contributed by atoms with E-state index in [0.29, 0.717) is 17.3 Å². The molecule has 2 heterocycles. The van der Waals surface area contributed by atoms with Crippen molar-refractivity contribution in [2.24, 2.45) is 0 Å². The summed E-state index contributed by atoms with van der Waals surface area (Å²) in [6.45, 7) is 2.98. The Morgan fingerprint density at radius 2 is 2.32 bits per heavy atom. The van der Waals surface area contributed by atoms with Crippen molar-refractivity contribution >= 4 is 11.6 Å². The van der Waals surface area contributed by atoms with Crippen LogP contribution in [0.4, 0.5) is 4.39 Å². The lowest BCUT2D eigenvalue weighted by molar-refractivity contribution is 0.275. The Morgan fingerprint density at radius 3 is 3.00 bits per heavy atom. The van der Waals surface area contributed by atoms with Crippen LogP contribution in [0.1, 0.15) is 25.7 Å². The fourth-order valence-electron chi connectivity index (χ4n) is 2.28. The highest BCUT2D eigenvalue weighted by atomic mass is 35.5. The van der Waals surface area contributed by atoms with Crippen molar-refractivity contribution in [3.63, 3.8) is 0 Å². The molecule has 0 aliphatic carbocycles. The van der Waals surface area contributed by atoms with Gasteiger partial charge in [0.05, 0.1) is 10.6 Å². The molecule has 100 valence electrons. The van der Waals surface area contributed by atoms with Gasteiger partial charge in [-0.2, -0.15) is 4.98 Å². The molecule has 0 bridgehead atoms. The highest BCUT2D eigenvalue weighted by Gasteiger charge is 2.35. The molecule has 4 nitrogen and oxygen atoms in total. The van der Waals surface area contributed by atoms with Crippen molar-refractivity contribution in [2.45, 2.75) is 25.3 Å². The maximum absolute atomic E-state index is 13.1. The van der Waals surface area contributed by atoms with E-state index in [2.05, 4.69) is 15.5 Å². The lowest BCUT2D eigenvalue weighted by Gasteiger charge is -2.18. The summed E-state index contributed by atoms with van der Waals surface area (Å²) in [5, 5.41) is 7.34. The van der Waals surface area contributed by atoms with E-state index in [4.69, 9.17) is 16.1 Å². The largest absolute Gasteiger partial charge is 0.337 e. The van der Waals surface area contributed by atoms with Crippen molar-refractivity contribution in [1.82, 2.24) is 15.5 Å². The quantitative estimate of drug-likeness (QED) is 0.919. The second kappa shape index (κ2) is 4.58. The van der Waals surface area contributed by atoms with Crippen LogP contribution in [-0.4, -0.2) is 16.7 Å². The first kappa shape index (κ1) is 12.6. The van der Waals surface area contributed by atoms with Gasteiger partial charge in [0.2, 0.25) is 11.7 Å². The first-order chi connectivity index (χ1) is 9.08. The van der Waals surface area contributed by atoms with Gasteiger partial charge in [-0.05, 0) is 44.5 Å². The molecule has 3 rings (SSSR count). The average molecular weight is 282 g/mol. The Morgan fingerprint density at radius 1 is 1.47 bits per heavy atom. The zero-order chi connectivity index (χ0) is 13.5. The summed E-state index contributed by atoms with van der Waals surface area (Å²) in [5.74, 6) is 0.519. The molecule has 1 saturated heterocycles. The van der Waals surface area contributed by atoms with Gasteiger partial charge in [0.1, 0.15) is 5.82 Å². The van der Waals surface area contributed by atoms with Crippen molar-refractivity contribution < 1.29 is 8.91 Å². The standard InChI is InChI=1S/C13H13ClFN3O/c1-13(5-2-6-16-13)12-17-11(18-19-12)8-3-4-10(15)9(14)7-8/h3-4,7,16H,2,5-6H2,1H3. The molecule has 1 aromatic heterocycles. The van der Waals surface area contributed by atoms with Crippen LogP contribution in [0, 0.1) is 5.82 Å². The van der Waals surface area contributed by atoms with E-state index in [-0.39, 0.29) is 10.6 Å². The van der Waals surface area contributed by atoms with Gasteiger partial charge in [0, 0.05) is 5.56 Å². The Bertz CT molecular complexity index is 608. The summed E-state index contributed by atoms with van der Waals surface area (Å²) >= 11 is 5.75.